The summed E-state index contributed by atoms with van der Waals surface area (Å²) in [6, 6.07) is 8.32. The van der Waals surface area contributed by atoms with Crippen molar-refractivity contribution in [3.8, 4) is 11.3 Å². The summed E-state index contributed by atoms with van der Waals surface area (Å²) in [7, 11) is 0. The van der Waals surface area contributed by atoms with Crippen molar-refractivity contribution in [3.05, 3.63) is 42.4 Å². The smallest absolute Gasteiger partial charge is 0.315 e. The number of nitrogens with zero attached hydrogens (tertiary/aromatic N) is 2. The first-order valence-corrected chi connectivity index (χ1v) is 10.8. The Morgan fingerprint density at radius 2 is 1.86 bits per heavy atom. The Morgan fingerprint density at radius 3 is 2.59 bits per heavy atom. The second kappa shape index (κ2) is 6.71. The largest absolute Gasteiger partial charge is 0.338 e. The zero-order valence-corrected chi connectivity index (χ0v) is 16.9. The minimum Gasteiger partial charge on any atom is -0.338 e. The van der Waals surface area contributed by atoms with Gasteiger partial charge >= 0.3 is 6.03 Å². The number of rotatable bonds is 5. The number of hydrogen-bond donors (Lipinski definition) is 2. The molecule has 0 radical (unpaired) electrons. The van der Waals surface area contributed by atoms with Crippen LogP contribution >= 0.6 is 0 Å². The van der Waals surface area contributed by atoms with E-state index in [9.17, 15) is 9.59 Å². The second-order valence-corrected chi connectivity index (χ2v) is 8.96. The van der Waals surface area contributed by atoms with Crippen molar-refractivity contribution in [2.45, 2.75) is 63.5 Å². The molecule has 3 aliphatic carbocycles. The number of aromatic nitrogens is 2. The third-order valence-electron chi connectivity index (χ3n) is 7.53. The number of Topliss-reactive ketones (excluding diaryl/α,β-unsaturated/α-hetero) is 1. The zero-order chi connectivity index (χ0) is 20.1. The van der Waals surface area contributed by atoms with E-state index in [1.54, 1.807) is 0 Å². The molecule has 1 aromatic carbocycles. The van der Waals surface area contributed by atoms with E-state index in [2.05, 4.69) is 38.4 Å². The van der Waals surface area contributed by atoms with Crippen LogP contribution in [0.25, 0.3) is 11.3 Å². The first-order valence-electron chi connectivity index (χ1n) is 10.8. The van der Waals surface area contributed by atoms with E-state index in [4.69, 9.17) is 0 Å². The predicted molar refractivity (Wildman–Crippen MR) is 111 cm³/mol. The summed E-state index contributed by atoms with van der Waals surface area (Å²) in [6.07, 6.45) is 9.60. The highest BCUT2D eigenvalue weighted by molar-refractivity contribution is 5.87. The monoisotopic (exact) mass is 392 g/mol. The lowest BCUT2D eigenvalue weighted by atomic mass is 9.55. The van der Waals surface area contributed by atoms with Gasteiger partial charge in [0, 0.05) is 29.5 Å². The zero-order valence-electron chi connectivity index (χ0n) is 16.9. The van der Waals surface area contributed by atoms with Gasteiger partial charge < -0.3 is 15.2 Å². The number of ketones is 1. The van der Waals surface area contributed by atoms with Crippen molar-refractivity contribution in [1.82, 2.24) is 20.2 Å². The molecular formula is C23H28N4O2. The average molecular weight is 393 g/mol. The third kappa shape index (κ3) is 2.88. The van der Waals surface area contributed by atoms with Crippen molar-refractivity contribution in [2.24, 2.45) is 5.41 Å². The van der Waals surface area contributed by atoms with Gasteiger partial charge in [-0.15, -0.1) is 0 Å². The summed E-state index contributed by atoms with van der Waals surface area (Å²) in [6.45, 7) is 2.55. The molecular weight excluding hydrogens is 364 g/mol. The topological polar surface area (TPSA) is 76.0 Å². The molecule has 3 saturated carbocycles. The van der Waals surface area contributed by atoms with Crippen molar-refractivity contribution in [1.29, 1.82) is 0 Å². The van der Waals surface area contributed by atoms with Crippen LogP contribution in [-0.4, -0.2) is 33.4 Å². The molecule has 2 amide bonds. The van der Waals surface area contributed by atoms with Crippen LogP contribution in [0.3, 0.4) is 0 Å². The number of imidazole rings is 1. The van der Waals surface area contributed by atoms with Gasteiger partial charge in [-0.2, -0.15) is 0 Å². The highest BCUT2D eigenvalue weighted by Gasteiger charge is 2.53. The minimum absolute atomic E-state index is 0.0487. The highest BCUT2D eigenvalue weighted by atomic mass is 16.2. The fourth-order valence-corrected chi connectivity index (χ4v) is 5.77. The second-order valence-electron chi connectivity index (χ2n) is 8.96. The molecule has 6 heteroatoms. The molecule has 2 aromatic rings. The Bertz CT molecular complexity index is 939. The number of amides is 2. The maximum absolute atomic E-state index is 13.6. The molecule has 6 rings (SSSR count). The van der Waals surface area contributed by atoms with Crippen LogP contribution in [0.15, 0.2) is 36.8 Å². The van der Waals surface area contributed by atoms with Crippen LogP contribution in [0.2, 0.25) is 0 Å². The van der Waals surface area contributed by atoms with E-state index in [-0.39, 0.29) is 23.0 Å². The summed E-state index contributed by atoms with van der Waals surface area (Å²) >= 11 is 0. The van der Waals surface area contributed by atoms with Crippen molar-refractivity contribution in [3.63, 3.8) is 0 Å². The highest BCUT2D eigenvalue weighted by Crippen LogP contribution is 2.54. The summed E-state index contributed by atoms with van der Waals surface area (Å²) in [5, 5.41) is 6.04. The van der Waals surface area contributed by atoms with Gasteiger partial charge in [0.2, 0.25) is 0 Å². The van der Waals surface area contributed by atoms with Crippen LogP contribution < -0.4 is 10.6 Å². The first-order chi connectivity index (χ1) is 14.1. The lowest BCUT2D eigenvalue weighted by molar-refractivity contribution is -0.136. The van der Waals surface area contributed by atoms with Gasteiger partial charge in [0.1, 0.15) is 5.78 Å². The summed E-state index contributed by atoms with van der Waals surface area (Å²) in [5.74, 6) is 0.380. The van der Waals surface area contributed by atoms with E-state index < -0.39 is 0 Å². The Labute approximate surface area is 171 Å². The molecule has 1 aliphatic heterocycles. The molecule has 1 atom stereocenters. The number of fused-ring (bicyclic) bond motifs is 6. The van der Waals surface area contributed by atoms with Crippen LogP contribution in [0.1, 0.15) is 63.5 Å². The summed E-state index contributed by atoms with van der Waals surface area (Å²) < 4.78 is 2.16. The van der Waals surface area contributed by atoms with Gasteiger partial charge in [0.15, 0.2) is 0 Å². The number of benzene rings is 1. The fraction of sp³-hybridized carbons (Fsp3) is 0.522. The molecule has 1 aromatic heterocycles. The molecule has 2 bridgehead atoms. The molecule has 6 nitrogen and oxygen atoms in total. The van der Waals surface area contributed by atoms with E-state index in [0.29, 0.717) is 18.7 Å². The average Bonchev–Trinajstić information content (AvgIpc) is 3.32. The Morgan fingerprint density at radius 1 is 1.14 bits per heavy atom. The molecule has 3 fully saturated rings. The van der Waals surface area contributed by atoms with Gasteiger partial charge in [-0.1, -0.05) is 24.3 Å². The van der Waals surface area contributed by atoms with Crippen molar-refractivity contribution < 1.29 is 9.59 Å². The molecule has 0 saturated heterocycles. The van der Waals surface area contributed by atoms with E-state index in [0.717, 1.165) is 44.2 Å². The van der Waals surface area contributed by atoms with Gasteiger partial charge in [-0.05, 0) is 51.0 Å². The standard InChI is InChI=1S/C23H28N4O2/c1-2-25-21(29)26-23-10-7-22(8-11-23,9-12-23)20(28)13-18-16-5-3-4-6-17(16)19-14-24-15-27(18)19/h3-6,14-15,18H,2,7-13H2,1H3,(H2,25,26,29). The number of hydrogen-bond acceptors (Lipinski definition) is 3. The van der Waals surface area contributed by atoms with Crippen LogP contribution in [0, 0.1) is 5.41 Å². The number of urea groups is 1. The van der Waals surface area contributed by atoms with Gasteiger partial charge in [-0.3, -0.25) is 4.79 Å². The number of nitrogens with one attached hydrogen (secondary N) is 2. The number of carbonyl (C=O) groups excluding carboxylic acids is 2. The molecule has 152 valence electrons. The maximum Gasteiger partial charge on any atom is 0.315 e. The Kier molecular flexibility index (Phi) is 4.26. The molecule has 4 aliphatic rings. The van der Waals surface area contributed by atoms with Crippen LogP contribution in [0.5, 0.6) is 0 Å². The lowest BCUT2D eigenvalue weighted by Crippen LogP contribution is -2.60. The first kappa shape index (κ1) is 18.4. The van der Waals surface area contributed by atoms with Crippen LogP contribution in [0.4, 0.5) is 4.79 Å². The third-order valence-corrected chi connectivity index (χ3v) is 7.53. The van der Waals surface area contributed by atoms with E-state index in [1.807, 2.05) is 25.5 Å². The fourth-order valence-electron chi connectivity index (χ4n) is 5.77. The van der Waals surface area contributed by atoms with E-state index in [1.165, 1.54) is 11.1 Å². The molecule has 2 heterocycles. The molecule has 0 spiro atoms. The minimum atomic E-state index is -0.219. The number of carbonyl (C=O) groups is 2. The van der Waals surface area contributed by atoms with Crippen LogP contribution in [-0.2, 0) is 4.79 Å². The normalized spacial score (nSPS) is 29.2. The van der Waals surface area contributed by atoms with Gasteiger partial charge in [-0.25, -0.2) is 9.78 Å². The quantitative estimate of drug-likeness (QED) is 0.812. The van der Waals surface area contributed by atoms with Crippen molar-refractivity contribution >= 4 is 11.8 Å². The molecule has 29 heavy (non-hydrogen) atoms. The summed E-state index contributed by atoms with van der Waals surface area (Å²) in [5.41, 5.74) is 3.18. The summed E-state index contributed by atoms with van der Waals surface area (Å²) in [4.78, 5) is 29.9. The van der Waals surface area contributed by atoms with Gasteiger partial charge in [0.05, 0.1) is 24.3 Å². The van der Waals surface area contributed by atoms with Gasteiger partial charge in [0.25, 0.3) is 0 Å². The predicted octanol–water partition coefficient (Wildman–Crippen LogP) is 3.82. The SMILES string of the molecule is CCNC(=O)NC12CCC(C(=O)CC3c4ccccc4-c4cncn43)(CC1)CC2. The Hall–Kier alpha value is -2.63. The molecule has 2 N–H and O–H groups in total. The maximum atomic E-state index is 13.6. The van der Waals surface area contributed by atoms with E-state index >= 15 is 0 Å². The van der Waals surface area contributed by atoms with Crippen molar-refractivity contribution in [2.75, 3.05) is 6.54 Å². The Balaban J connectivity index is 1.32. The molecule has 1 unspecified atom stereocenters. The lowest BCUT2D eigenvalue weighted by Gasteiger charge is -2.53.